The molecular weight excluding hydrogens is 366 g/mol. The number of ether oxygens (including phenoxy) is 1. The van der Waals surface area contributed by atoms with E-state index in [9.17, 15) is 9.90 Å². The van der Waals surface area contributed by atoms with Crippen LogP contribution in [0.3, 0.4) is 0 Å². The first-order chi connectivity index (χ1) is 13.8. The molecule has 0 aliphatic heterocycles. The van der Waals surface area contributed by atoms with Crippen LogP contribution in [0.15, 0.2) is 48.0 Å². The monoisotopic (exact) mass is 399 g/mol. The number of nitrogens with two attached hydrogens (primary N) is 1. The summed E-state index contributed by atoms with van der Waals surface area (Å²) >= 11 is 0. The molecule has 0 spiro atoms. The molecule has 1 aromatic rings. The summed E-state index contributed by atoms with van der Waals surface area (Å²) in [5, 5.41) is 9.88. The SMILES string of the molecule is CCCC(CC)Oc1ncccc1C1=CC=C(N(C)C/C(O)=C/C(N)=O)C(C)C1. The Labute approximate surface area is 173 Å². The number of nitrogens with zero attached hydrogens (tertiary/aromatic N) is 2. The van der Waals surface area contributed by atoms with E-state index in [-0.39, 0.29) is 24.3 Å². The van der Waals surface area contributed by atoms with Gasteiger partial charge in [-0.25, -0.2) is 4.98 Å². The van der Waals surface area contributed by atoms with Gasteiger partial charge < -0.3 is 20.5 Å². The van der Waals surface area contributed by atoms with Crippen LogP contribution in [0, 0.1) is 5.92 Å². The first kappa shape index (κ1) is 22.5. The lowest BCUT2D eigenvalue weighted by atomic mass is 9.88. The van der Waals surface area contributed by atoms with E-state index in [4.69, 9.17) is 10.5 Å². The molecule has 2 atom stereocenters. The summed E-state index contributed by atoms with van der Waals surface area (Å²) in [6.45, 7) is 6.68. The predicted octanol–water partition coefficient (Wildman–Crippen LogP) is 4.21. The summed E-state index contributed by atoms with van der Waals surface area (Å²) in [6.07, 6.45) is 11.0. The minimum Gasteiger partial charge on any atom is -0.510 e. The summed E-state index contributed by atoms with van der Waals surface area (Å²) in [7, 11) is 1.89. The number of hydrogen-bond acceptors (Lipinski definition) is 5. The van der Waals surface area contributed by atoms with Crippen molar-refractivity contribution in [2.75, 3.05) is 13.6 Å². The highest BCUT2D eigenvalue weighted by Crippen LogP contribution is 2.36. The maximum atomic E-state index is 10.9. The third-order valence-corrected chi connectivity index (χ3v) is 5.10. The van der Waals surface area contributed by atoms with Gasteiger partial charge in [-0.05, 0) is 43.0 Å². The van der Waals surface area contributed by atoms with Gasteiger partial charge in [0, 0.05) is 36.5 Å². The molecule has 0 saturated carbocycles. The Bertz CT molecular complexity index is 798. The zero-order valence-electron chi connectivity index (χ0n) is 17.9. The van der Waals surface area contributed by atoms with Crippen LogP contribution in [0.1, 0.15) is 52.0 Å². The molecule has 0 radical (unpaired) electrons. The van der Waals surface area contributed by atoms with E-state index < -0.39 is 5.91 Å². The van der Waals surface area contributed by atoms with Crippen LogP contribution in [-0.4, -0.2) is 40.6 Å². The van der Waals surface area contributed by atoms with Gasteiger partial charge in [0.1, 0.15) is 11.9 Å². The van der Waals surface area contributed by atoms with Crippen molar-refractivity contribution < 1.29 is 14.6 Å². The zero-order valence-corrected chi connectivity index (χ0v) is 17.9. The maximum Gasteiger partial charge on any atom is 0.244 e. The van der Waals surface area contributed by atoms with Gasteiger partial charge in [-0.1, -0.05) is 33.3 Å². The summed E-state index contributed by atoms with van der Waals surface area (Å²) in [6, 6.07) is 4.00. The van der Waals surface area contributed by atoms with Crippen LogP contribution in [0.25, 0.3) is 5.57 Å². The lowest BCUT2D eigenvalue weighted by Gasteiger charge is -2.30. The normalized spacial score (nSPS) is 17.9. The number of allylic oxidation sites excluding steroid dienone is 4. The zero-order chi connectivity index (χ0) is 21.4. The molecule has 1 aliphatic rings. The number of carbonyl (C=O) groups is 1. The molecule has 1 aromatic heterocycles. The first-order valence-electron chi connectivity index (χ1n) is 10.3. The van der Waals surface area contributed by atoms with E-state index in [2.05, 4.69) is 44.0 Å². The fourth-order valence-corrected chi connectivity index (χ4v) is 3.66. The Hall–Kier alpha value is -2.76. The Kier molecular flexibility index (Phi) is 8.31. The molecule has 0 bridgehead atoms. The molecule has 0 saturated heterocycles. The van der Waals surface area contributed by atoms with Crippen molar-refractivity contribution in [1.82, 2.24) is 9.88 Å². The fraction of sp³-hybridized carbons (Fsp3) is 0.478. The van der Waals surface area contributed by atoms with Crippen molar-refractivity contribution in [3.8, 4) is 5.88 Å². The number of likely N-dealkylation sites (N-methyl/N-ethyl adjacent to an activating group) is 1. The molecule has 29 heavy (non-hydrogen) atoms. The van der Waals surface area contributed by atoms with Crippen molar-refractivity contribution in [1.29, 1.82) is 0 Å². The average Bonchev–Trinajstić information content (AvgIpc) is 2.67. The molecule has 2 rings (SSSR count). The highest BCUT2D eigenvalue weighted by molar-refractivity contribution is 5.86. The first-order valence-corrected chi connectivity index (χ1v) is 10.3. The number of carbonyl (C=O) groups excluding carboxylic acids is 1. The number of primary amides is 1. The van der Waals surface area contributed by atoms with Crippen LogP contribution >= 0.6 is 0 Å². The van der Waals surface area contributed by atoms with Crippen molar-refractivity contribution in [2.24, 2.45) is 11.7 Å². The maximum absolute atomic E-state index is 10.9. The molecule has 1 aliphatic carbocycles. The number of rotatable bonds is 10. The lowest BCUT2D eigenvalue weighted by molar-refractivity contribution is -0.113. The second-order valence-corrected chi connectivity index (χ2v) is 7.58. The van der Waals surface area contributed by atoms with Crippen LogP contribution in [-0.2, 0) is 4.79 Å². The molecule has 0 aromatic carbocycles. The summed E-state index contributed by atoms with van der Waals surface area (Å²) in [5.41, 5.74) is 8.40. The van der Waals surface area contributed by atoms with E-state index in [1.807, 2.05) is 18.0 Å². The van der Waals surface area contributed by atoms with Crippen molar-refractivity contribution in [2.45, 2.75) is 52.6 Å². The topological polar surface area (TPSA) is 88.7 Å². The molecular formula is C23H33N3O3. The number of amides is 1. The van der Waals surface area contributed by atoms with Gasteiger partial charge in [0.2, 0.25) is 11.8 Å². The molecule has 158 valence electrons. The Morgan fingerprint density at radius 3 is 2.83 bits per heavy atom. The molecule has 3 N–H and O–H groups in total. The number of aromatic nitrogens is 1. The smallest absolute Gasteiger partial charge is 0.244 e. The van der Waals surface area contributed by atoms with E-state index in [0.29, 0.717) is 5.88 Å². The van der Waals surface area contributed by atoms with Gasteiger partial charge in [0.15, 0.2) is 0 Å². The highest BCUT2D eigenvalue weighted by Gasteiger charge is 2.22. The van der Waals surface area contributed by atoms with E-state index in [1.54, 1.807) is 6.20 Å². The quantitative estimate of drug-likeness (QED) is 0.454. The molecule has 1 heterocycles. The Morgan fingerprint density at radius 1 is 1.45 bits per heavy atom. The van der Waals surface area contributed by atoms with E-state index in [1.165, 1.54) is 5.57 Å². The second-order valence-electron chi connectivity index (χ2n) is 7.58. The van der Waals surface area contributed by atoms with Gasteiger partial charge in [-0.3, -0.25) is 4.79 Å². The molecule has 2 unspecified atom stereocenters. The lowest BCUT2D eigenvalue weighted by Crippen LogP contribution is -2.26. The van der Waals surface area contributed by atoms with Crippen molar-refractivity contribution >= 4 is 11.5 Å². The minimum atomic E-state index is -0.652. The second kappa shape index (κ2) is 10.7. The molecule has 6 heteroatoms. The number of aliphatic hydroxyl groups is 1. The summed E-state index contributed by atoms with van der Waals surface area (Å²) in [4.78, 5) is 17.4. The average molecular weight is 400 g/mol. The number of aliphatic hydroxyl groups excluding tert-OH is 1. The predicted molar refractivity (Wildman–Crippen MR) is 116 cm³/mol. The van der Waals surface area contributed by atoms with Crippen LogP contribution < -0.4 is 10.5 Å². The third kappa shape index (κ3) is 6.38. The van der Waals surface area contributed by atoms with Crippen LogP contribution in [0.2, 0.25) is 0 Å². The minimum absolute atomic E-state index is 0.0487. The Morgan fingerprint density at radius 2 is 2.21 bits per heavy atom. The third-order valence-electron chi connectivity index (χ3n) is 5.10. The molecule has 0 fully saturated rings. The molecule has 6 nitrogen and oxygen atoms in total. The van der Waals surface area contributed by atoms with Gasteiger partial charge in [0.25, 0.3) is 0 Å². The molecule has 1 amide bonds. The number of pyridine rings is 1. The van der Waals surface area contributed by atoms with Crippen LogP contribution in [0.5, 0.6) is 5.88 Å². The van der Waals surface area contributed by atoms with Crippen molar-refractivity contribution in [3.05, 3.63) is 53.6 Å². The highest BCUT2D eigenvalue weighted by atomic mass is 16.5. The summed E-state index contributed by atoms with van der Waals surface area (Å²) < 4.78 is 6.22. The van der Waals surface area contributed by atoms with Gasteiger partial charge >= 0.3 is 0 Å². The van der Waals surface area contributed by atoms with Crippen LogP contribution in [0.4, 0.5) is 0 Å². The van der Waals surface area contributed by atoms with Gasteiger partial charge in [0.05, 0.1) is 6.54 Å². The van der Waals surface area contributed by atoms with Gasteiger partial charge in [-0.2, -0.15) is 0 Å². The summed E-state index contributed by atoms with van der Waals surface area (Å²) in [5.74, 6) is 0.235. The van der Waals surface area contributed by atoms with Gasteiger partial charge in [-0.15, -0.1) is 0 Å². The largest absolute Gasteiger partial charge is 0.510 e. The Balaban J connectivity index is 2.22. The van der Waals surface area contributed by atoms with E-state index >= 15 is 0 Å². The fourth-order valence-electron chi connectivity index (χ4n) is 3.66. The van der Waals surface area contributed by atoms with E-state index in [0.717, 1.165) is 43.0 Å². The standard InChI is InChI=1S/C23H33N3O3/c1-5-8-19(6-2)29-23-20(9-7-12-25-23)17-10-11-21(16(3)13-17)26(4)15-18(27)14-22(24)28/h7,9-12,14,16,19,27H,5-6,8,13,15H2,1-4H3,(H2,24,28)/b18-14-. The van der Waals surface area contributed by atoms with Crippen molar-refractivity contribution in [3.63, 3.8) is 0 Å². The number of hydrogen-bond donors (Lipinski definition) is 2.